The molecular weight excluding hydrogens is 288 g/mol. The van der Waals surface area contributed by atoms with Gasteiger partial charge in [0.25, 0.3) is 0 Å². The van der Waals surface area contributed by atoms with Gasteiger partial charge in [-0.25, -0.2) is 0 Å². The Morgan fingerprint density at radius 1 is 1.29 bits per heavy atom. The second kappa shape index (κ2) is 5.53. The van der Waals surface area contributed by atoms with E-state index in [1.165, 1.54) is 4.90 Å². The summed E-state index contributed by atoms with van der Waals surface area (Å²) >= 11 is 6.00. The number of carbonyl (C=O) groups excluding carboxylic acids is 2. The molecule has 2 aliphatic rings. The quantitative estimate of drug-likeness (QED) is 0.874. The number of nitrogens with zero attached hydrogens (tertiary/aromatic N) is 1. The fourth-order valence-electron chi connectivity index (χ4n) is 2.98. The molecule has 5 heteroatoms. The Balaban J connectivity index is 1.70. The van der Waals surface area contributed by atoms with Crippen molar-refractivity contribution >= 4 is 29.1 Å². The van der Waals surface area contributed by atoms with Crippen molar-refractivity contribution in [3.63, 3.8) is 0 Å². The number of anilines is 1. The zero-order valence-corrected chi connectivity index (χ0v) is 12.6. The first-order valence-corrected chi connectivity index (χ1v) is 7.44. The number of hydrogen-bond donors (Lipinski definition) is 1. The zero-order chi connectivity index (χ0) is 15.0. The predicted octanol–water partition coefficient (Wildman–Crippen LogP) is 2.88. The van der Waals surface area contributed by atoms with Gasteiger partial charge >= 0.3 is 0 Å². The summed E-state index contributed by atoms with van der Waals surface area (Å²) in [5.41, 5.74) is 2.03. The molecule has 3 rings (SSSR count). The lowest BCUT2D eigenvalue weighted by Gasteiger charge is -2.17. The van der Waals surface area contributed by atoms with Gasteiger partial charge < -0.3 is 5.32 Å². The maximum atomic E-state index is 12.4. The second-order valence-corrected chi connectivity index (χ2v) is 6.10. The Morgan fingerprint density at radius 2 is 2.05 bits per heavy atom. The average molecular weight is 305 g/mol. The molecule has 21 heavy (non-hydrogen) atoms. The average Bonchev–Trinajstić information content (AvgIpc) is 2.69. The highest BCUT2D eigenvalue weighted by Crippen LogP contribution is 2.38. The van der Waals surface area contributed by atoms with Crippen LogP contribution in [-0.4, -0.2) is 23.4 Å². The summed E-state index contributed by atoms with van der Waals surface area (Å²) < 4.78 is 0. The summed E-state index contributed by atoms with van der Waals surface area (Å²) in [6.45, 7) is 2.21. The molecule has 1 N–H and O–H groups in total. The number of benzene rings is 1. The minimum Gasteiger partial charge on any atom is -0.367 e. The van der Waals surface area contributed by atoms with Gasteiger partial charge in [-0.3, -0.25) is 14.5 Å². The third kappa shape index (κ3) is 2.68. The van der Waals surface area contributed by atoms with Gasteiger partial charge in [0, 0.05) is 10.7 Å². The molecule has 2 atom stereocenters. The summed E-state index contributed by atoms with van der Waals surface area (Å²) in [5, 5.41) is 3.83. The molecule has 0 unspecified atom stereocenters. The van der Waals surface area contributed by atoms with Crippen LogP contribution < -0.4 is 5.32 Å². The van der Waals surface area contributed by atoms with Crippen LogP contribution in [0.15, 0.2) is 35.4 Å². The van der Waals surface area contributed by atoms with Crippen LogP contribution in [0.2, 0.25) is 0 Å². The van der Waals surface area contributed by atoms with Gasteiger partial charge in [-0.15, -0.1) is 0 Å². The first-order valence-electron chi connectivity index (χ1n) is 7.06. The monoisotopic (exact) mass is 304 g/mol. The fraction of sp³-hybridized carbons (Fsp3) is 0.375. The van der Waals surface area contributed by atoms with E-state index in [0.29, 0.717) is 17.9 Å². The molecule has 1 aliphatic carbocycles. The number of imide groups is 1. The van der Waals surface area contributed by atoms with Crippen molar-refractivity contribution in [1.29, 1.82) is 0 Å². The van der Waals surface area contributed by atoms with E-state index in [1.807, 2.05) is 37.3 Å². The molecule has 0 bridgehead atoms. The number of hydrogen-bond acceptors (Lipinski definition) is 3. The number of rotatable bonds is 3. The molecule has 1 aromatic rings. The Kier molecular flexibility index (Phi) is 3.72. The summed E-state index contributed by atoms with van der Waals surface area (Å²) in [6, 6.07) is 7.84. The van der Waals surface area contributed by atoms with Crippen molar-refractivity contribution in [1.82, 2.24) is 4.90 Å². The number of fused-ring (bicyclic) bond motifs is 1. The van der Waals surface area contributed by atoms with Crippen LogP contribution in [0.1, 0.15) is 18.4 Å². The third-order valence-corrected chi connectivity index (χ3v) is 4.43. The SMILES string of the molecule is Cc1cccc(NCN2C(=O)[C@@H]3CC=C(Cl)C[C@H]3C2=O)c1. The number of likely N-dealkylation sites (tertiary alicyclic amines) is 1. The van der Waals surface area contributed by atoms with Gasteiger partial charge in [0.1, 0.15) is 0 Å². The van der Waals surface area contributed by atoms with Gasteiger partial charge in [-0.1, -0.05) is 29.8 Å². The van der Waals surface area contributed by atoms with Gasteiger partial charge in [-0.05, 0) is 37.5 Å². The van der Waals surface area contributed by atoms with Crippen LogP contribution in [0.5, 0.6) is 0 Å². The normalized spacial score (nSPS) is 24.9. The van der Waals surface area contributed by atoms with E-state index < -0.39 is 0 Å². The number of allylic oxidation sites excluding steroid dienone is 2. The molecule has 110 valence electrons. The van der Waals surface area contributed by atoms with E-state index in [2.05, 4.69) is 5.32 Å². The first kappa shape index (κ1) is 14.1. The summed E-state index contributed by atoms with van der Waals surface area (Å²) in [6.07, 6.45) is 2.90. The molecule has 1 fully saturated rings. The Bertz CT molecular complexity index is 626. The number of halogens is 1. The van der Waals surface area contributed by atoms with E-state index >= 15 is 0 Å². The van der Waals surface area contributed by atoms with Crippen LogP contribution in [0.25, 0.3) is 0 Å². The lowest BCUT2D eigenvalue weighted by molar-refractivity contribution is -0.139. The molecule has 4 nitrogen and oxygen atoms in total. The van der Waals surface area contributed by atoms with Gasteiger partial charge in [0.2, 0.25) is 11.8 Å². The highest BCUT2D eigenvalue weighted by molar-refractivity contribution is 6.30. The van der Waals surface area contributed by atoms with Crippen molar-refractivity contribution in [3.05, 3.63) is 40.9 Å². The first-order chi connectivity index (χ1) is 10.1. The van der Waals surface area contributed by atoms with Gasteiger partial charge in [-0.2, -0.15) is 0 Å². The predicted molar refractivity (Wildman–Crippen MR) is 81.7 cm³/mol. The smallest absolute Gasteiger partial charge is 0.234 e. The van der Waals surface area contributed by atoms with E-state index in [0.717, 1.165) is 11.3 Å². The molecule has 1 aliphatic heterocycles. The van der Waals surface area contributed by atoms with Crippen LogP contribution in [0.4, 0.5) is 5.69 Å². The number of amides is 2. The van der Waals surface area contributed by atoms with Crippen LogP contribution in [-0.2, 0) is 9.59 Å². The second-order valence-electron chi connectivity index (χ2n) is 5.61. The summed E-state index contributed by atoms with van der Waals surface area (Å²) in [4.78, 5) is 26.0. The largest absolute Gasteiger partial charge is 0.367 e. The number of nitrogens with one attached hydrogen (secondary N) is 1. The Morgan fingerprint density at radius 3 is 2.81 bits per heavy atom. The van der Waals surface area contributed by atoms with Crippen LogP contribution in [0.3, 0.4) is 0 Å². The summed E-state index contributed by atoms with van der Waals surface area (Å²) in [5.74, 6) is -0.726. The number of aryl methyl sites for hydroxylation is 1. The molecule has 0 radical (unpaired) electrons. The van der Waals surface area contributed by atoms with E-state index in [-0.39, 0.29) is 30.3 Å². The molecule has 2 amide bonds. The zero-order valence-electron chi connectivity index (χ0n) is 11.8. The van der Waals surface area contributed by atoms with E-state index in [1.54, 1.807) is 0 Å². The van der Waals surface area contributed by atoms with E-state index in [4.69, 9.17) is 11.6 Å². The summed E-state index contributed by atoms with van der Waals surface area (Å²) in [7, 11) is 0. The lowest BCUT2D eigenvalue weighted by Crippen LogP contribution is -2.35. The Labute approximate surface area is 128 Å². The van der Waals surface area contributed by atoms with Gasteiger partial charge in [0.15, 0.2) is 0 Å². The topological polar surface area (TPSA) is 49.4 Å². The molecule has 1 saturated heterocycles. The number of carbonyl (C=O) groups is 2. The van der Waals surface area contributed by atoms with Crippen molar-refractivity contribution in [2.45, 2.75) is 19.8 Å². The minimum atomic E-state index is -0.283. The molecular formula is C16H17ClN2O2. The third-order valence-electron chi connectivity index (χ3n) is 4.12. The molecule has 0 spiro atoms. The highest BCUT2D eigenvalue weighted by Gasteiger charge is 2.48. The maximum absolute atomic E-state index is 12.4. The van der Waals surface area contributed by atoms with Crippen LogP contribution in [0, 0.1) is 18.8 Å². The highest BCUT2D eigenvalue weighted by atomic mass is 35.5. The van der Waals surface area contributed by atoms with Crippen molar-refractivity contribution in [2.24, 2.45) is 11.8 Å². The Hall–Kier alpha value is -1.81. The standard InChI is InChI=1S/C16H17ClN2O2/c1-10-3-2-4-12(7-10)18-9-19-15(20)13-6-5-11(17)8-14(13)16(19)21/h2-5,7,13-14,18H,6,8-9H2,1H3/t13-,14-/m1/s1. The maximum Gasteiger partial charge on any atom is 0.234 e. The molecule has 0 saturated carbocycles. The van der Waals surface area contributed by atoms with Crippen LogP contribution >= 0.6 is 11.6 Å². The fourth-order valence-corrected chi connectivity index (χ4v) is 3.23. The van der Waals surface area contributed by atoms with Crippen molar-refractivity contribution in [2.75, 3.05) is 12.0 Å². The lowest BCUT2D eigenvalue weighted by atomic mass is 9.85. The molecule has 1 heterocycles. The molecule has 1 aromatic carbocycles. The van der Waals surface area contributed by atoms with E-state index in [9.17, 15) is 9.59 Å². The minimum absolute atomic E-state index is 0.0921. The van der Waals surface area contributed by atoms with Crippen molar-refractivity contribution < 1.29 is 9.59 Å². The van der Waals surface area contributed by atoms with Crippen molar-refractivity contribution in [3.8, 4) is 0 Å². The molecule has 0 aromatic heterocycles. The van der Waals surface area contributed by atoms with Gasteiger partial charge in [0.05, 0.1) is 18.5 Å².